The van der Waals surface area contributed by atoms with Gasteiger partial charge in [0.05, 0.1) is 35.8 Å². The summed E-state index contributed by atoms with van der Waals surface area (Å²) in [7, 11) is 0. The van der Waals surface area contributed by atoms with Gasteiger partial charge in [-0.25, -0.2) is 0 Å². The zero-order valence-corrected chi connectivity index (χ0v) is 18.8. The van der Waals surface area contributed by atoms with Gasteiger partial charge in [-0.1, -0.05) is 20.3 Å². The van der Waals surface area contributed by atoms with E-state index in [4.69, 9.17) is 4.74 Å². The Morgan fingerprint density at radius 3 is 2.59 bits per heavy atom. The molecule has 8 heteroatoms. The molecule has 3 saturated heterocycles. The molecule has 164 valence electrons. The number of nitrogens with zero attached hydrogens (tertiary/aromatic N) is 1. The quantitative estimate of drug-likeness (QED) is 0.572. The van der Waals surface area contributed by atoms with E-state index < -0.39 is 28.7 Å². The monoisotopic (exact) mass is 426 g/mol. The van der Waals surface area contributed by atoms with Crippen LogP contribution < -0.4 is 5.32 Å². The zero-order valence-electron chi connectivity index (χ0n) is 18.0. The summed E-state index contributed by atoms with van der Waals surface area (Å²) in [4.78, 5) is 41.5. The highest BCUT2D eigenvalue weighted by atomic mass is 32.2. The van der Waals surface area contributed by atoms with Crippen LogP contribution in [0.3, 0.4) is 0 Å². The van der Waals surface area contributed by atoms with Gasteiger partial charge in [-0.05, 0) is 39.5 Å². The molecule has 7 nitrogen and oxygen atoms in total. The number of hydrogen-bond donors (Lipinski definition) is 2. The Kier molecular flexibility index (Phi) is 6.53. The summed E-state index contributed by atoms with van der Waals surface area (Å²) in [6, 6.07) is -1.18. The average Bonchev–Trinajstić information content (AvgIpc) is 3.29. The summed E-state index contributed by atoms with van der Waals surface area (Å²) in [5.74, 6) is -1.74. The molecule has 0 aliphatic carbocycles. The zero-order chi connectivity index (χ0) is 21.5. The van der Waals surface area contributed by atoms with E-state index in [9.17, 15) is 19.5 Å². The molecule has 7 atom stereocenters. The van der Waals surface area contributed by atoms with Crippen LogP contribution in [0.15, 0.2) is 0 Å². The van der Waals surface area contributed by atoms with Crippen LogP contribution in [0.4, 0.5) is 0 Å². The number of carbonyl (C=O) groups excluding carboxylic acids is 3. The van der Waals surface area contributed by atoms with Crippen molar-refractivity contribution in [2.24, 2.45) is 17.8 Å². The van der Waals surface area contributed by atoms with Gasteiger partial charge in [0.25, 0.3) is 0 Å². The van der Waals surface area contributed by atoms with E-state index in [2.05, 4.69) is 5.32 Å². The number of hydrogen-bond acceptors (Lipinski definition) is 6. The topological polar surface area (TPSA) is 95.9 Å². The van der Waals surface area contributed by atoms with E-state index in [0.29, 0.717) is 0 Å². The number of ether oxygens (including phenoxy) is 1. The summed E-state index contributed by atoms with van der Waals surface area (Å²) in [5, 5.41) is 13.1. The van der Waals surface area contributed by atoms with Gasteiger partial charge in [-0.2, -0.15) is 0 Å². The minimum absolute atomic E-state index is 0.00988. The van der Waals surface area contributed by atoms with Gasteiger partial charge in [0.1, 0.15) is 6.04 Å². The first-order valence-corrected chi connectivity index (χ1v) is 11.7. The molecule has 0 aromatic heterocycles. The van der Waals surface area contributed by atoms with Crippen LogP contribution in [-0.2, 0) is 19.1 Å². The van der Waals surface area contributed by atoms with Crippen LogP contribution in [0.2, 0.25) is 0 Å². The number of aliphatic hydroxyl groups excluding tert-OH is 1. The molecule has 2 amide bonds. The maximum Gasteiger partial charge on any atom is 0.310 e. The first-order chi connectivity index (χ1) is 13.7. The number of carbonyl (C=O) groups is 3. The van der Waals surface area contributed by atoms with Crippen LogP contribution in [-0.4, -0.2) is 69.1 Å². The van der Waals surface area contributed by atoms with Crippen LogP contribution in [0.25, 0.3) is 0 Å². The Morgan fingerprint density at radius 2 is 2.03 bits per heavy atom. The van der Waals surface area contributed by atoms with E-state index in [0.717, 1.165) is 19.3 Å². The van der Waals surface area contributed by atoms with Gasteiger partial charge in [-0.3, -0.25) is 14.4 Å². The lowest BCUT2D eigenvalue weighted by atomic mass is 9.71. The van der Waals surface area contributed by atoms with E-state index in [-0.39, 0.29) is 48.2 Å². The molecule has 3 rings (SSSR count). The molecule has 0 aromatic carbocycles. The van der Waals surface area contributed by atoms with Gasteiger partial charge in [0.15, 0.2) is 0 Å². The second kappa shape index (κ2) is 8.46. The number of fused-ring (bicyclic) bond motifs is 1. The molecule has 2 unspecified atom stereocenters. The molecular weight excluding hydrogens is 392 g/mol. The second-order valence-electron chi connectivity index (χ2n) is 8.85. The largest absolute Gasteiger partial charge is 0.466 e. The van der Waals surface area contributed by atoms with Crippen molar-refractivity contribution in [3.8, 4) is 0 Å². The number of thioether (sulfide) groups is 1. The minimum Gasteiger partial charge on any atom is -0.466 e. The predicted octanol–water partition coefficient (Wildman–Crippen LogP) is 1.57. The molecular formula is C21H34N2O5S. The molecule has 3 aliphatic heterocycles. The van der Waals surface area contributed by atoms with Crippen LogP contribution in [0, 0.1) is 17.8 Å². The maximum absolute atomic E-state index is 13.7. The van der Waals surface area contributed by atoms with Gasteiger partial charge in [0, 0.05) is 11.3 Å². The molecule has 0 aromatic rings. The lowest BCUT2D eigenvalue weighted by molar-refractivity contribution is -0.154. The van der Waals surface area contributed by atoms with Gasteiger partial charge in [-0.15, -0.1) is 11.8 Å². The Hall–Kier alpha value is -1.28. The molecule has 2 N–H and O–H groups in total. The maximum atomic E-state index is 13.7. The number of amides is 2. The van der Waals surface area contributed by atoms with Crippen molar-refractivity contribution < 1.29 is 24.2 Å². The summed E-state index contributed by atoms with van der Waals surface area (Å²) in [6.07, 6.45) is 2.30. The van der Waals surface area contributed by atoms with Gasteiger partial charge < -0.3 is 20.1 Å². The van der Waals surface area contributed by atoms with E-state index >= 15 is 0 Å². The van der Waals surface area contributed by atoms with E-state index in [1.165, 1.54) is 0 Å². The van der Waals surface area contributed by atoms with Gasteiger partial charge >= 0.3 is 5.97 Å². The fourth-order valence-electron chi connectivity index (χ4n) is 5.43. The lowest BCUT2D eigenvalue weighted by Crippen LogP contribution is -2.58. The van der Waals surface area contributed by atoms with Crippen LogP contribution in [0.1, 0.15) is 53.9 Å². The molecule has 0 saturated carbocycles. The predicted molar refractivity (Wildman–Crippen MR) is 111 cm³/mol. The molecule has 29 heavy (non-hydrogen) atoms. The molecule has 2 bridgehead atoms. The van der Waals surface area contributed by atoms with Crippen molar-refractivity contribution >= 4 is 29.5 Å². The number of likely N-dealkylation sites (tertiary alicyclic amines) is 1. The highest BCUT2D eigenvalue weighted by Gasteiger charge is 2.74. The van der Waals surface area contributed by atoms with Crippen molar-refractivity contribution in [1.29, 1.82) is 0 Å². The number of nitrogens with one attached hydrogen (secondary N) is 1. The Balaban J connectivity index is 2.06. The number of esters is 1. The van der Waals surface area contributed by atoms with E-state index in [1.807, 2.05) is 27.7 Å². The minimum atomic E-state index is -0.678. The fourth-order valence-corrected chi connectivity index (χ4v) is 7.63. The summed E-state index contributed by atoms with van der Waals surface area (Å²) in [6.45, 7) is 9.63. The van der Waals surface area contributed by atoms with Crippen molar-refractivity contribution in [1.82, 2.24) is 10.2 Å². The average molecular weight is 427 g/mol. The van der Waals surface area contributed by atoms with Crippen molar-refractivity contribution in [3.05, 3.63) is 0 Å². The first-order valence-electron chi connectivity index (χ1n) is 10.8. The standard InChI is InChI=1S/C21H34N2O5S/c1-6-12(5)13(10-24)23-17(18(25)22-11(3)4)21-9-8-14(29-21)15(16(21)19(23)26)20(27)28-7-2/h11-17,24H,6-10H2,1-5H3,(H,22,25)/t12-,13-,14-,15+,16-,17?,21?/m0/s1. The highest BCUT2D eigenvalue weighted by Crippen LogP contribution is 2.66. The Bertz CT molecular complexity index is 671. The Morgan fingerprint density at radius 1 is 1.34 bits per heavy atom. The summed E-state index contributed by atoms with van der Waals surface area (Å²) in [5.41, 5.74) is 0. The number of aliphatic hydroxyl groups is 1. The normalized spacial score (nSPS) is 35.0. The smallest absolute Gasteiger partial charge is 0.310 e. The third-order valence-electron chi connectivity index (χ3n) is 6.82. The molecule has 0 radical (unpaired) electrons. The first kappa shape index (κ1) is 22.4. The van der Waals surface area contributed by atoms with Crippen LogP contribution in [0.5, 0.6) is 0 Å². The molecule has 3 heterocycles. The fraction of sp³-hybridized carbons (Fsp3) is 0.857. The van der Waals surface area contributed by atoms with Crippen molar-refractivity contribution in [2.75, 3.05) is 13.2 Å². The number of rotatable bonds is 8. The molecule has 3 fully saturated rings. The lowest BCUT2D eigenvalue weighted by Gasteiger charge is -2.39. The van der Waals surface area contributed by atoms with Crippen molar-refractivity contribution in [3.63, 3.8) is 0 Å². The highest BCUT2D eigenvalue weighted by molar-refractivity contribution is 8.02. The summed E-state index contributed by atoms with van der Waals surface area (Å²) >= 11 is 1.62. The van der Waals surface area contributed by atoms with Gasteiger partial charge in [0.2, 0.25) is 11.8 Å². The third kappa shape index (κ3) is 3.46. The van der Waals surface area contributed by atoms with Crippen LogP contribution >= 0.6 is 11.8 Å². The second-order valence-corrected chi connectivity index (χ2v) is 10.5. The molecule has 1 spiro atoms. The van der Waals surface area contributed by atoms with E-state index in [1.54, 1.807) is 23.6 Å². The third-order valence-corrected chi connectivity index (χ3v) is 8.77. The van der Waals surface area contributed by atoms with Crippen molar-refractivity contribution in [2.45, 2.75) is 82.0 Å². The molecule has 3 aliphatic rings. The Labute approximate surface area is 177 Å². The summed E-state index contributed by atoms with van der Waals surface area (Å²) < 4.78 is 4.68. The SMILES string of the molecule is CCOC(=O)[C@@H]1[C@@H]2CCC3(S2)C(C(=O)NC(C)C)N([C@@H](CO)[C@@H](C)CC)C(=O)[C@H]13.